The first-order chi connectivity index (χ1) is 12.0. The summed E-state index contributed by atoms with van der Waals surface area (Å²) < 4.78 is 9.72. The Morgan fingerprint density at radius 1 is 1.00 bits per heavy atom. The summed E-state index contributed by atoms with van der Waals surface area (Å²) in [7, 11) is 2.87. The molecule has 2 rings (SSSR count). The molecule has 0 bridgehead atoms. The number of carbonyl (C=O) groups excluding carboxylic acids is 3. The Balaban J connectivity index is 1.93. The van der Waals surface area contributed by atoms with Crippen molar-refractivity contribution in [3.8, 4) is 5.75 Å². The molecule has 0 atom stereocenters. The van der Waals surface area contributed by atoms with Crippen molar-refractivity contribution in [1.29, 1.82) is 0 Å². The van der Waals surface area contributed by atoms with Gasteiger partial charge in [-0.05, 0) is 24.6 Å². The molecule has 7 nitrogen and oxygen atoms in total. The lowest BCUT2D eigenvalue weighted by molar-refractivity contribution is -0.143. The van der Waals surface area contributed by atoms with E-state index in [1.807, 2.05) is 0 Å². The molecule has 1 aliphatic rings. The highest BCUT2D eigenvalue weighted by atomic mass is 16.5. The maximum Gasteiger partial charge on any atom is 0.306 e. The number of rotatable bonds is 5. The molecule has 1 saturated heterocycles. The van der Waals surface area contributed by atoms with E-state index in [0.29, 0.717) is 43.9 Å². The largest absolute Gasteiger partial charge is 0.497 e. The fourth-order valence-corrected chi connectivity index (χ4v) is 2.78. The molecule has 25 heavy (non-hydrogen) atoms. The van der Waals surface area contributed by atoms with Crippen molar-refractivity contribution < 1.29 is 23.9 Å². The highest BCUT2D eigenvalue weighted by Crippen LogP contribution is 2.16. The van der Waals surface area contributed by atoms with Crippen LogP contribution in [0.2, 0.25) is 0 Å². The number of amides is 2. The lowest BCUT2D eigenvalue weighted by Crippen LogP contribution is -2.37. The Labute approximate surface area is 147 Å². The molecule has 1 heterocycles. The van der Waals surface area contributed by atoms with Crippen LogP contribution in [-0.2, 0) is 14.3 Å². The van der Waals surface area contributed by atoms with Crippen molar-refractivity contribution in [2.75, 3.05) is 40.4 Å². The maximum absolute atomic E-state index is 12.7. The van der Waals surface area contributed by atoms with Crippen molar-refractivity contribution in [1.82, 2.24) is 9.80 Å². The van der Waals surface area contributed by atoms with Crippen LogP contribution in [0, 0.1) is 0 Å². The van der Waals surface area contributed by atoms with Crippen LogP contribution in [0.3, 0.4) is 0 Å². The third-order valence-electron chi connectivity index (χ3n) is 4.22. The second kappa shape index (κ2) is 9.05. The monoisotopic (exact) mass is 348 g/mol. The van der Waals surface area contributed by atoms with Gasteiger partial charge in [0.1, 0.15) is 5.75 Å². The normalized spacial score (nSPS) is 14.6. The number of hydrogen-bond acceptors (Lipinski definition) is 5. The van der Waals surface area contributed by atoms with Crippen molar-refractivity contribution in [2.45, 2.75) is 19.3 Å². The number of carbonyl (C=O) groups is 3. The van der Waals surface area contributed by atoms with Crippen LogP contribution in [0.25, 0.3) is 0 Å². The molecule has 0 aliphatic carbocycles. The van der Waals surface area contributed by atoms with Crippen LogP contribution >= 0.6 is 0 Å². The zero-order valence-corrected chi connectivity index (χ0v) is 14.7. The zero-order chi connectivity index (χ0) is 18.2. The van der Waals surface area contributed by atoms with Gasteiger partial charge in [-0.3, -0.25) is 14.4 Å². The molecule has 0 saturated carbocycles. The summed E-state index contributed by atoms with van der Waals surface area (Å²) >= 11 is 0. The van der Waals surface area contributed by atoms with Gasteiger partial charge in [0, 0.05) is 38.2 Å². The molecule has 1 aromatic carbocycles. The summed E-state index contributed by atoms with van der Waals surface area (Å²) in [6.07, 6.45) is 0.925. The fraction of sp³-hybridized carbons (Fsp3) is 0.500. The number of methoxy groups -OCH3 is 2. The minimum Gasteiger partial charge on any atom is -0.497 e. The second-order valence-corrected chi connectivity index (χ2v) is 5.83. The van der Waals surface area contributed by atoms with Crippen LogP contribution in [-0.4, -0.2) is 68.0 Å². The van der Waals surface area contributed by atoms with Gasteiger partial charge in [0.05, 0.1) is 20.6 Å². The van der Waals surface area contributed by atoms with Crippen LogP contribution in [0.4, 0.5) is 0 Å². The number of hydrogen-bond donors (Lipinski definition) is 0. The molecule has 0 unspecified atom stereocenters. The first kappa shape index (κ1) is 18.8. The van der Waals surface area contributed by atoms with Crippen LogP contribution in [0.15, 0.2) is 24.3 Å². The molecule has 2 amide bonds. The van der Waals surface area contributed by atoms with Gasteiger partial charge in [-0.15, -0.1) is 0 Å². The van der Waals surface area contributed by atoms with Gasteiger partial charge in [-0.25, -0.2) is 0 Å². The van der Waals surface area contributed by atoms with Gasteiger partial charge in [0.25, 0.3) is 5.91 Å². The van der Waals surface area contributed by atoms with E-state index in [1.165, 1.54) is 7.11 Å². The van der Waals surface area contributed by atoms with Crippen molar-refractivity contribution in [3.63, 3.8) is 0 Å². The minimum atomic E-state index is -0.391. The van der Waals surface area contributed by atoms with E-state index in [4.69, 9.17) is 4.74 Å². The van der Waals surface area contributed by atoms with E-state index >= 15 is 0 Å². The Morgan fingerprint density at radius 3 is 2.44 bits per heavy atom. The third kappa shape index (κ3) is 5.20. The van der Waals surface area contributed by atoms with E-state index in [-0.39, 0.29) is 24.7 Å². The fourth-order valence-electron chi connectivity index (χ4n) is 2.78. The van der Waals surface area contributed by atoms with E-state index in [9.17, 15) is 14.4 Å². The molecule has 0 spiro atoms. The summed E-state index contributed by atoms with van der Waals surface area (Å²) in [4.78, 5) is 39.5. The SMILES string of the molecule is COC(=O)CCC(=O)N1CCCN(C(=O)c2cccc(OC)c2)CC1. The Bertz CT molecular complexity index is 632. The van der Waals surface area contributed by atoms with Gasteiger partial charge < -0.3 is 19.3 Å². The van der Waals surface area contributed by atoms with Gasteiger partial charge in [-0.2, -0.15) is 0 Å². The minimum absolute atomic E-state index is 0.0669. The Kier molecular flexibility index (Phi) is 6.80. The van der Waals surface area contributed by atoms with Crippen molar-refractivity contribution >= 4 is 17.8 Å². The molecule has 0 aromatic heterocycles. The molecule has 1 aliphatic heterocycles. The van der Waals surface area contributed by atoms with Crippen LogP contribution < -0.4 is 4.74 Å². The molecular formula is C18H24N2O5. The maximum atomic E-state index is 12.7. The van der Waals surface area contributed by atoms with Gasteiger partial charge in [-0.1, -0.05) is 6.07 Å². The highest BCUT2D eigenvalue weighted by Gasteiger charge is 2.23. The summed E-state index contributed by atoms with van der Waals surface area (Å²) in [5.41, 5.74) is 0.574. The molecule has 0 N–H and O–H groups in total. The van der Waals surface area contributed by atoms with Gasteiger partial charge >= 0.3 is 5.97 Å². The van der Waals surface area contributed by atoms with Gasteiger partial charge in [0.15, 0.2) is 0 Å². The van der Waals surface area contributed by atoms with E-state index < -0.39 is 5.97 Å². The van der Waals surface area contributed by atoms with Crippen LogP contribution in [0.5, 0.6) is 5.75 Å². The number of nitrogens with zero attached hydrogens (tertiary/aromatic N) is 2. The molecule has 0 radical (unpaired) electrons. The number of ether oxygens (including phenoxy) is 2. The van der Waals surface area contributed by atoms with Crippen molar-refractivity contribution in [2.24, 2.45) is 0 Å². The predicted molar refractivity (Wildman–Crippen MR) is 91.3 cm³/mol. The third-order valence-corrected chi connectivity index (χ3v) is 4.22. The first-order valence-electron chi connectivity index (χ1n) is 8.33. The molecule has 7 heteroatoms. The molecule has 1 aromatic rings. The van der Waals surface area contributed by atoms with Gasteiger partial charge in [0.2, 0.25) is 5.91 Å². The summed E-state index contributed by atoms with van der Waals surface area (Å²) in [6, 6.07) is 7.05. The Hall–Kier alpha value is -2.57. The standard InChI is InChI=1S/C18H24N2O5/c1-24-15-6-3-5-14(13-15)18(23)20-10-4-9-19(11-12-20)16(21)7-8-17(22)25-2/h3,5-6,13H,4,7-12H2,1-2H3. The van der Waals surface area contributed by atoms with E-state index in [1.54, 1.807) is 41.2 Å². The predicted octanol–water partition coefficient (Wildman–Crippen LogP) is 1.32. The summed E-state index contributed by atoms with van der Waals surface area (Å²) in [6.45, 7) is 2.12. The molecular weight excluding hydrogens is 324 g/mol. The highest BCUT2D eigenvalue weighted by molar-refractivity contribution is 5.94. The topological polar surface area (TPSA) is 76.2 Å². The van der Waals surface area contributed by atoms with E-state index in [0.717, 1.165) is 0 Å². The summed E-state index contributed by atoms with van der Waals surface area (Å²) in [5, 5.41) is 0. The van der Waals surface area contributed by atoms with Crippen molar-refractivity contribution in [3.05, 3.63) is 29.8 Å². The molecule has 1 fully saturated rings. The summed E-state index contributed by atoms with van der Waals surface area (Å²) in [5.74, 6) is 0.0992. The quantitative estimate of drug-likeness (QED) is 0.750. The number of esters is 1. The lowest BCUT2D eigenvalue weighted by atomic mass is 10.2. The van der Waals surface area contributed by atoms with Crippen LogP contribution in [0.1, 0.15) is 29.6 Å². The average molecular weight is 348 g/mol. The zero-order valence-electron chi connectivity index (χ0n) is 14.7. The second-order valence-electron chi connectivity index (χ2n) is 5.83. The van der Waals surface area contributed by atoms with E-state index in [2.05, 4.69) is 4.74 Å². The smallest absolute Gasteiger partial charge is 0.306 e. The first-order valence-corrected chi connectivity index (χ1v) is 8.33. The Morgan fingerprint density at radius 2 is 1.72 bits per heavy atom. The number of benzene rings is 1. The average Bonchev–Trinajstić information content (AvgIpc) is 2.91. The molecule has 136 valence electrons. The lowest BCUT2D eigenvalue weighted by Gasteiger charge is -2.22.